The van der Waals surface area contributed by atoms with Gasteiger partial charge >= 0.3 is 0 Å². The van der Waals surface area contributed by atoms with Crippen LogP contribution in [0.1, 0.15) is 35.4 Å². The molecule has 1 saturated heterocycles. The first kappa shape index (κ1) is 17.9. The Morgan fingerprint density at radius 1 is 1.04 bits per heavy atom. The van der Waals surface area contributed by atoms with Crippen molar-refractivity contribution in [1.29, 1.82) is 0 Å². The van der Waals surface area contributed by atoms with Gasteiger partial charge in [-0.15, -0.1) is 10.2 Å². The largest absolute Gasteiger partial charge is 0.467 e. The Morgan fingerprint density at radius 3 is 2.59 bits per heavy atom. The van der Waals surface area contributed by atoms with Gasteiger partial charge in [0.05, 0.1) is 18.6 Å². The zero-order valence-corrected chi connectivity index (χ0v) is 15.9. The van der Waals surface area contributed by atoms with E-state index in [0.717, 1.165) is 35.5 Å². The topological polar surface area (TPSA) is 64.2 Å². The van der Waals surface area contributed by atoms with Crippen LogP contribution < -0.4 is 4.90 Å². The molecule has 0 aliphatic carbocycles. The molecule has 1 aromatic carbocycles. The van der Waals surface area contributed by atoms with Gasteiger partial charge in [0.2, 0.25) is 5.95 Å². The lowest BCUT2D eigenvalue weighted by atomic mass is 10.1. The van der Waals surface area contributed by atoms with Gasteiger partial charge in [0, 0.05) is 18.7 Å². The summed E-state index contributed by atoms with van der Waals surface area (Å²) in [7, 11) is 0. The third-order valence-corrected chi connectivity index (χ3v) is 5.63. The molecule has 0 saturated carbocycles. The molecule has 0 atom stereocenters. The number of nitrogens with zero attached hydrogens (tertiary/aromatic N) is 4. The summed E-state index contributed by atoms with van der Waals surface area (Å²) >= 11 is 1.43. The van der Waals surface area contributed by atoms with Crippen LogP contribution >= 0.6 is 11.8 Å². The van der Waals surface area contributed by atoms with E-state index < -0.39 is 0 Å². The molecular weight excluding hydrogens is 360 g/mol. The van der Waals surface area contributed by atoms with Gasteiger partial charge in [0.15, 0.2) is 10.9 Å². The van der Waals surface area contributed by atoms with Gasteiger partial charge in [-0.05, 0) is 31.4 Å². The van der Waals surface area contributed by atoms with E-state index in [-0.39, 0.29) is 5.78 Å². The molecule has 6 nitrogen and oxygen atoms in total. The van der Waals surface area contributed by atoms with Crippen LogP contribution in [-0.4, -0.2) is 39.4 Å². The van der Waals surface area contributed by atoms with E-state index in [1.165, 1.54) is 31.0 Å². The summed E-state index contributed by atoms with van der Waals surface area (Å²) in [4.78, 5) is 14.7. The molecule has 1 fully saturated rings. The number of hydrogen-bond donors (Lipinski definition) is 0. The smallest absolute Gasteiger partial charge is 0.228 e. The summed E-state index contributed by atoms with van der Waals surface area (Å²) < 4.78 is 7.59. The number of rotatable bonds is 7. The van der Waals surface area contributed by atoms with Crippen LogP contribution in [0.4, 0.5) is 5.95 Å². The normalized spacial score (nSPS) is 14.4. The van der Waals surface area contributed by atoms with Gasteiger partial charge in [-0.1, -0.05) is 42.1 Å². The minimum absolute atomic E-state index is 0.0904. The number of benzene rings is 1. The number of ketones is 1. The zero-order chi connectivity index (χ0) is 18.5. The molecule has 0 amide bonds. The maximum absolute atomic E-state index is 12.4. The Kier molecular flexibility index (Phi) is 5.58. The summed E-state index contributed by atoms with van der Waals surface area (Å²) in [6.45, 7) is 2.54. The summed E-state index contributed by atoms with van der Waals surface area (Å²) in [5, 5.41) is 9.56. The first-order valence-corrected chi connectivity index (χ1v) is 10.2. The van der Waals surface area contributed by atoms with Gasteiger partial charge in [-0.3, -0.25) is 9.36 Å². The average Bonchev–Trinajstić information content (AvgIpc) is 3.38. The second-order valence-corrected chi connectivity index (χ2v) is 7.52. The highest BCUT2D eigenvalue weighted by Gasteiger charge is 2.21. The molecular formula is C20H22N4O2S. The number of carbonyl (C=O) groups excluding carboxylic acids is 1. The number of piperidine rings is 1. The predicted molar refractivity (Wildman–Crippen MR) is 105 cm³/mol. The molecule has 2 aromatic heterocycles. The van der Waals surface area contributed by atoms with Crippen LogP contribution in [0.15, 0.2) is 58.3 Å². The maximum atomic E-state index is 12.4. The SMILES string of the molecule is O=C(CSc1nnc(N2CCCCC2)n1Cc1ccco1)c1ccccc1. The third kappa shape index (κ3) is 4.24. The second kappa shape index (κ2) is 8.43. The third-order valence-electron chi connectivity index (χ3n) is 4.66. The van der Waals surface area contributed by atoms with Crippen LogP contribution in [0.5, 0.6) is 0 Å². The Bertz CT molecular complexity index is 871. The van der Waals surface area contributed by atoms with Crippen LogP contribution in [0.25, 0.3) is 0 Å². The van der Waals surface area contributed by atoms with Crippen molar-refractivity contribution in [2.45, 2.75) is 31.0 Å². The molecule has 0 N–H and O–H groups in total. The lowest BCUT2D eigenvalue weighted by Crippen LogP contribution is -2.32. The Hall–Kier alpha value is -2.54. The van der Waals surface area contributed by atoms with Crippen molar-refractivity contribution < 1.29 is 9.21 Å². The van der Waals surface area contributed by atoms with E-state index in [0.29, 0.717) is 12.3 Å². The minimum atomic E-state index is 0.0904. The van der Waals surface area contributed by atoms with Crippen LogP contribution in [-0.2, 0) is 6.54 Å². The first-order chi connectivity index (χ1) is 13.3. The van der Waals surface area contributed by atoms with Crippen molar-refractivity contribution in [1.82, 2.24) is 14.8 Å². The number of aromatic nitrogens is 3. The van der Waals surface area contributed by atoms with Crippen molar-refractivity contribution in [3.8, 4) is 0 Å². The van der Waals surface area contributed by atoms with Crippen molar-refractivity contribution in [3.05, 3.63) is 60.1 Å². The second-order valence-electron chi connectivity index (χ2n) is 6.57. The first-order valence-electron chi connectivity index (χ1n) is 9.23. The van der Waals surface area contributed by atoms with Crippen molar-refractivity contribution >= 4 is 23.5 Å². The van der Waals surface area contributed by atoms with Gasteiger partial charge < -0.3 is 9.32 Å². The summed E-state index contributed by atoms with van der Waals surface area (Å²) in [6.07, 6.45) is 5.27. The predicted octanol–water partition coefficient (Wildman–Crippen LogP) is 3.88. The molecule has 4 rings (SSSR count). The Morgan fingerprint density at radius 2 is 1.85 bits per heavy atom. The van der Waals surface area contributed by atoms with E-state index in [4.69, 9.17) is 4.42 Å². The van der Waals surface area contributed by atoms with E-state index in [2.05, 4.69) is 19.7 Å². The molecule has 3 aromatic rings. The average molecular weight is 382 g/mol. The highest BCUT2D eigenvalue weighted by atomic mass is 32.2. The number of anilines is 1. The molecule has 0 spiro atoms. The van der Waals surface area contributed by atoms with Gasteiger partial charge in [-0.2, -0.15) is 0 Å². The Labute approximate surface area is 162 Å². The molecule has 0 radical (unpaired) electrons. The van der Waals surface area contributed by atoms with Crippen molar-refractivity contribution in [2.24, 2.45) is 0 Å². The molecule has 1 aliphatic rings. The molecule has 0 unspecified atom stereocenters. The Balaban J connectivity index is 1.54. The number of furan rings is 1. The fourth-order valence-corrected chi connectivity index (χ4v) is 4.08. The van der Waals surface area contributed by atoms with E-state index in [9.17, 15) is 4.79 Å². The minimum Gasteiger partial charge on any atom is -0.467 e. The highest BCUT2D eigenvalue weighted by molar-refractivity contribution is 7.99. The quantitative estimate of drug-likeness (QED) is 0.456. The van der Waals surface area contributed by atoms with E-state index >= 15 is 0 Å². The fraction of sp³-hybridized carbons (Fsp3) is 0.350. The van der Waals surface area contributed by atoms with Gasteiger partial charge in [-0.25, -0.2) is 0 Å². The van der Waals surface area contributed by atoms with Crippen LogP contribution in [0.3, 0.4) is 0 Å². The number of Topliss-reactive ketones (excluding diaryl/α,β-unsaturated/α-hetero) is 1. The maximum Gasteiger partial charge on any atom is 0.228 e. The molecule has 0 bridgehead atoms. The number of thioether (sulfide) groups is 1. The number of carbonyl (C=O) groups is 1. The standard InChI is InChI=1S/C20H22N4O2S/c25-18(16-8-3-1-4-9-16)15-27-20-22-21-19(23-11-5-2-6-12-23)24(20)14-17-10-7-13-26-17/h1,3-4,7-10,13H,2,5-6,11-12,14-15H2. The van der Waals surface area contributed by atoms with Crippen molar-refractivity contribution in [3.63, 3.8) is 0 Å². The zero-order valence-electron chi connectivity index (χ0n) is 15.1. The van der Waals surface area contributed by atoms with Crippen LogP contribution in [0.2, 0.25) is 0 Å². The molecule has 27 heavy (non-hydrogen) atoms. The molecule has 7 heteroatoms. The van der Waals surface area contributed by atoms with Gasteiger partial charge in [0.1, 0.15) is 5.76 Å². The highest BCUT2D eigenvalue weighted by Crippen LogP contribution is 2.26. The van der Waals surface area contributed by atoms with E-state index in [1.807, 2.05) is 42.5 Å². The lowest BCUT2D eigenvalue weighted by Gasteiger charge is -2.27. The van der Waals surface area contributed by atoms with Crippen molar-refractivity contribution in [2.75, 3.05) is 23.7 Å². The molecule has 140 valence electrons. The van der Waals surface area contributed by atoms with E-state index in [1.54, 1.807) is 6.26 Å². The lowest BCUT2D eigenvalue weighted by molar-refractivity contribution is 0.102. The van der Waals surface area contributed by atoms with Crippen LogP contribution in [0, 0.1) is 0 Å². The monoisotopic (exact) mass is 382 g/mol. The molecule has 1 aliphatic heterocycles. The summed E-state index contributed by atoms with van der Waals surface area (Å²) in [5.74, 6) is 2.14. The molecule has 3 heterocycles. The summed E-state index contributed by atoms with van der Waals surface area (Å²) in [6, 6.07) is 13.2. The number of hydrogen-bond acceptors (Lipinski definition) is 6. The summed E-state index contributed by atoms with van der Waals surface area (Å²) in [5.41, 5.74) is 0.721. The van der Waals surface area contributed by atoms with Gasteiger partial charge in [0.25, 0.3) is 0 Å². The fourth-order valence-electron chi connectivity index (χ4n) is 3.25.